The van der Waals surface area contributed by atoms with Crippen molar-refractivity contribution in [2.45, 2.75) is 33.7 Å². The lowest BCUT2D eigenvalue weighted by Gasteiger charge is -2.39. The Morgan fingerprint density at radius 2 is 1.79 bits per heavy atom. The first-order chi connectivity index (χ1) is 20.7. The summed E-state index contributed by atoms with van der Waals surface area (Å²) in [5.74, 6) is -0.117. The van der Waals surface area contributed by atoms with E-state index in [1.807, 2.05) is 25.3 Å². The second-order valence-electron chi connectivity index (χ2n) is 11.6. The van der Waals surface area contributed by atoms with E-state index in [-0.39, 0.29) is 5.91 Å². The third-order valence-corrected chi connectivity index (χ3v) is 8.73. The normalized spacial score (nSPS) is 15.6. The summed E-state index contributed by atoms with van der Waals surface area (Å²) >= 11 is 0. The van der Waals surface area contributed by atoms with E-state index in [4.69, 9.17) is 4.98 Å². The average molecular weight is 573 g/mol. The molecule has 1 atom stereocenters. The lowest BCUT2D eigenvalue weighted by Crippen LogP contribution is -2.50. The van der Waals surface area contributed by atoms with E-state index in [1.54, 1.807) is 17.9 Å². The number of H-pyrrole nitrogens is 1. The van der Waals surface area contributed by atoms with Crippen LogP contribution in [-0.2, 0) is 11.8 Å². The van der Waals surface area contributed by atoms with Gasteiger partial charge in [-0.1, -0.05) is 24.3 Å². The SMILES string of the molecule is CC(=O)Nc1cc(-c2c(-c3ccc(N4CCN(C)[C@@H](C)C4)cc3)[nH]c3ncc(-c4cnn(C)c4C#N)c(C)c23)ccc1C. The summed E-state index contributed by atoms with van der Waals surface area (Å²) in [5.41, 5.74) is 10.8. The van der Waals surface area contributed by atoms with E-state index in [0.717, 1.165) is 81.0 Å². The fourth-order valence-electron chi connectivity index (χ4n) is 6.08. The summed E-state index contributed by atoms with van der Waals surface area (Å²) in [6.07, 6.45) is 3.54. The zero-order valence-electron chi connectivity index (χ0n) is 25.5. The van der Waals surface area contributed by atoms with Gasteiger partial charge >= 0.3 is 0 Å². The number of aryl methyl sites for hydroxylation is 3. The minimum absolute atomic E-state index is 0.117. The Morgan fingerprint density at radius 1 is 1.05 bits per heavy atom. The number of amides is 1. The molecule has 1 saturated heterocycles. The molecule has 43 heavy (non-hydrogen) atoms. The molecule has 5 aromatic rings. The highest BCUT2D eigenvalue weighted by molar-refractivity contribution is 6.07. The Bertz CT molecular complexity index is 1890. The number of hydrogen-bond acceptors (Lipinski definition) is 6. The van der Waals surface area contributed by atoms with Gasteiger partial charge in [0.25, 0.3) is 0 Å². The number of piperazine rings is 1. The van der Waals surface area contributed by atoms with Gasteiger partial charge in [0.1, 0.15) is 17.4 Å². The predicted octanol–water partition coefficient (Wildman–Crippen LogP) is 5.88. The Hall–Kier alpha value is -4.94. The molecular weight excluding hydrogens is 536 g/mol. The summed E-state index contributed by atoms with van der Waals surface area (Å²) < 4.78 is 1.59. The van der Waals surface area contributed by atoms with Crippen LogP contribution in [0.2, 0.25) is 0 Å². The number of anilines is 2. The van der Waals surface area contributed by atoms with Gasteiger partial charge in [0.2, 0.25) is 5.91 Å². The molecule has 9 nitrogen and oxygen atoms in total. The third-order valence-electron chi connectivity index (χ3n) is 8.73. The van der Waals surface area contributed by atoms with Crippen molar-refractivity contribution in [2.75, 3.05) is 36.9 Å². The first kappa shape index (κ1) is 28.2. The topological polar surface area (TPSA) is 106 Å². The number of nitriles is 1. The average Bonchev–Trinajstić information content (AvgIpc) is 3.56. The Balaban J connectivity index is 1.54. The number of pyridine rings is 1. The van der Waals surface area contributed by atoms with Gasteiger partial charge in [0.15, 0.2) is 0 Å². The number of rotatable bonds is 5. The standard InChI is InChI=1S/C34H36N8O/c1-20-7-8-25(15-29(20)38-23(4)43)32-31-22(3)27(28-18-37-41(6)30(28)16-35)17-36-34(31)39-33(32)24-9-11-26(12-10-24)42-14-13-40(5)21(2)19-42/h7-12,15,17-18,21H,13-14,19H2,1-6H3,(H,36,39)(H,38,43)/t21-/m0/s1. The van der Waals surface area contributed by atoms with Crippen LogP contribution in [0.1, 0.15) is 30.7 Å². The molecule has 0 spiro atoms. The molecule has 0 radical (unpaired) electrons. The maximum atomic E-state index is 12.0. The lowest BCUT2D eigenvalue weighted by molar-refractivity contribution is -0.114. The van der Waals surface area contributed by atoms with Crippen molar-refractivity contribution < 1.29 is 4.79 Å². The van der Waals surface area contributed by atoms with Crippen molar-refractivity contribution >= 4 is 28.3 Å². The molecule has 4 heterocycles. The highest BCUT2D eigenvalue weighted by atomic mass is 16.1. The highest BCUT2D eigenvalue weighted by Crippen LogP contribution is 2.43. The molecule has 0 unspecified atom stereocenters. The number of nitrogens with zero attached hydrogens (tertiary/aromatic N) is 6. The van der Waals surface area contributed by atoms with E-state index >= 15 is 0 Å². The van der Waals surface area contributed by atoms with E-state index in [2.05, 4.69) is 82.5 Å². The van der Waals surface area contributed by atoms with Crippen molar-refractivity contribution in [3.63, 3.8) is 0 Å². The number of nitrogens with one attached hydrogen (secondary N) is 2. The van der Waals surface area contributed by atoms with Gasteiger partial charge in [0.05, 0.1) is 11.9 Å². The molecule has 3 aromatic heterocycles. The molecule has 0 saturated carbocycles. The van der Waals surface area contributed by atoms with Crippen LogP contribution >= 0.6 is 0 Å². The molecule has 1 fully saturated rings. The van der Waals surface area contributed by atoms with Crippen LogP contribution in [0.3, 0.4) is 0 Å². The summed E-state index contributed by atoms with van der Waals surface area (Å²) in [6.45, 7) is 10.9. The number of hydrogen-bond donors (Lipinski definition) is 2. The third kappa shape index (κ3) is 5.04. The minimum Gasteiger partial charge on any atom is -0.369 e. The van der Waals surface area contributed by atoms with Gasteiger partial charge in [-0.2, -0.15) is 10.4 Å². The molecule has 218 valence electrons. The predicted molar refractivity (Wildman–Crippen MR) is 172 cm³/mol. The van der Waals surface area contributed by atoms with Gasteiger partial charge in [-0.25, -0.2) is 4.98 Å². The van der Waals surface area contributed by atoms with Gasteiger partial charge in [-0.15, -0.1) is 0 Å². The molecule has 1 aliphatic heterocycles. The zero-order valence-corrected chi connectivity index (χ0v) is 25.5. The van der Waals surface area contributed by atoms with Crippen LogP contribution in [0.25, 0.3) is 44.5 Å². The number of fused-ring (bicyclic) bond motifs is 1. The van der Waals surface area contributed by atoms with Gasteiger partial charge in [0, 0.05) is 79.3 Å². The molecule has 0 bridgehead atoms. The molecule has 0 aliphatic carbocycles. The highest BCUT2D eigenvalue weighted by Gasteiger charge is 2.24. The smallest absolute Gasteiger partial charge is 0.221 e. The van der Waals surface area contributed by atoms with Crippen LogP contribution in [0, 0.1) is 25.2 Å². The molecule has 2 aromatic carbocycles. The Labute approximate surface area is 251 Å². The molecule has 6 rings (SSSR count). The van der Waals surface area contributed by atoms with Crippen molar-refractivity contribution in [3.05, 3.63) is 71.7 Å². The van der Waals surface area contributed by atoms with Crippen LogP contribution < -0.4 is 10.2 Å². The van der Waals surface area contributed by atoms with E-state index in [0.29, 0.717) is 11.7 Å². The fraction of sp³-hybridized carbons (Fsp3) is 0.294. The molecule has 2 N–H and O–H groups in total. The summed E-state index contributed by atoms with van der Waals surface area (Å²) in [6, 6.07) is 17.7. The Kier molecular flexibility index (Phi) is 7.24. The quantitative estimate of drug-likeness (QED) is 0.272. The van der Waals surface area contributed by atoms with Crippen LogP contribution in [0.4, 0.5) is 11.4 Å². The lowest BCUT2D eigenvalue weighted by atomic mass is 9.93. The number of aromatic nitrogens is 4. The molecule has 1 amide bonds. The number of aromatic amines is 1. The monoisotopic (exact) mass is 572 g/mol. The first-order valence-corrected chi connectivity index (χ1v) is 14.5. The maximum Gasteiger partial charge on any atom is 0.221 e. The van der Waals surface area contributed by atoms with Crippen LogP contribution in [0.15, 0.2) is 54.9 Å². The molecule has 1 aliphatic rings. The van der Waals surface area contributed by atoms with E-state index in [1.165, 1.54) is 12.6 Å². The van der Waals surface area contributed by atoms with Gasteiger partial charge in [-0.05, 0) is 68.3 Å². The van der Waals surface area contributed by atoms with Crippen molar-refractivity contribution in [1.82, 2.24) is 24.6 Å². The number of benzene rings is 2. The van der Waals surface area contributed by atoms with Crippen molar-refractivity contribution in [1.29, 1.82) is 5.26 Å². The number of carbonyl (C=O) groups excluding carboxylic acids is 1. The summed E-state index contributed by atoms with van der Waals surface area (Å²) in [4.78, 5) is 25.3. The summed E-state index contributed by atoms with van der Waals surface area (Å²) in [5, 5.41) is 18.1. The van der Waals surface area contributed by atoms with Crippen molar-refractivity contribution in [2.24, 2.45) is 7.05 Å². The minimum atomic E-state index is -0.117. The molecule has 9 heteroatoms. The second kappa shape index (κ2) is 11.0. The van der Waals surface area contributed by atoms with E-state index in [9.17, 15) is 10.1 Å². The van der Waals surface area contributed by atoms with Crippen LogP contribution in [-0.4, -0.2) is 63.3 Å². The number of carbonyl (C=O) groups is 1. The Morgan fingerprint density at radius 3 is 2.49 bits per heavy atom. The fourth-order valence-corrected chi connectivity index (χ4v) is 6.08. The number of likely N-dealkylation sites (N-methyl/N-ethyl adjacent to an activating group) is 1. The van der Waals surface area contributed by atoms with E-state index < -0.39 is 0 Å². The van der Waals surface area contributed by atoms with Gasteiger partial charge < -0.3 is 20.1 Å². The second-order valence-corrected chi connectivity index (χ2v) is 11.6. The summed E-state index contributed by atoms with van der Waals surface area (Å²) in [7, 11) is 3.95. The van der Waals surface area contributed by atoms with Crippen molar-refractivity contribution in [3.8, 4) is 39.6 Å². The first-order valence-electron chi connectivity index (χ1n) is 14.5. The molecular formula is C34H36N8O. The largest absolute Gasteiger partial charge is 0.369 e. The van der Waals surface area contributed by atoms with Gasteiger partial charge in [-0.3, -0.25) is 9.48 Å². The van der Waals surface area contributed by atoms with Crippen LogP contribution in [0.5, 0.6) is 0 Å². The maximum absolute atomic E-state index is 12.0. The zero-order chi connectivity index (χ0) is 30.4.